The molecule has 1 unspecified atom stereocenters. The molecule has 2 nitrogen and oxygen atoms in total. The number of hydrogen-bond donors (Lipinski definition) is 1. The van der Waals surface area contributed by atoms with Gasteiger partial charge in [-0.15, -0.1) is 0 Å². The van der Waals surface area contributed by atoms with E-state index in [-0.39, 0.29) is 0 Å². The maximum absolute atomic E-state index is 5.59. The van der Waals surface area contributed by atoms with E-state index in [9.17, 15) is 0 Å². The first-order chi connectivity index (χ1) is 6.76. The molecule has 0 saturated carbocycles. The van der Waals surface area contributed by atoms with Crippen molar-refractivity contribution in [3.63, 3.8) is 0 Å². The lowest BCUT2D eigenvalue weighted by atomic mass is 10.1. The number of ether oxygens (including phenoxy) is 1. The fourth-order valence-electron chi connectivity index (χ4n) is 0.985. The van der Waals surface area contributed by atoms with Crippen molar-refractivity contribution in [2.75, 3.05) is 12.4 Å². The molecule has 1 rings (SSSR count). The fraction of sp³-hybridized carbons (Fsp3) is 0.500. The van der Waals surface area contributed by atoms with Gasteiger partial charge >= 0.3 is 0 Å². The van der Waals surface area contributed by atoms with Crippen molar-refractivity contribution in [1.82, 2.24) is 4.98 Å². The molecular formula is C10H14BrNOS. The van der Waals surface area contributed by atoms with Crippen molar-refractivity contribution in [2.24, 2.45) is 5.92 Å². The lowest BCUT2D eigenvalue weighted by Crippen LogP contribution is -2.12. The third-order valence-electron chi connectivity index (χ3n) is 2.00. The Balaban J connectivity index is 2.44. The molecule has 0 N–H and O–H groups in total. The first kappa shape index (κ1) is 11.9. The van der Waals surface area contributed by atoms with Crippen LogP contribution in [-0.2, 0) is 0 Å². The summed E-state index contributed by atoms with van der Waals surface area (Å²) in [6.07, 6.45) is 4.55. The molecule has 14 heavy (non-hydrogen) atoms. The van der Waals surface area contributed by atoms with E-state index in [2.05, 4.69) is 40.5 Å². The normalized spacial score (nSPS) is 12.5. The van der Waals surface area contributed by atoms with Gasteiger partial charge in [0.25, 0.3) is 0 Å². The van der Waals surface area contributed by atoms with Crippen LogP contribution in [0.25, 0.3) is 0 Å². The highest BCUT2D eigenvalue weighted by Gasteiger charge is 2.04. The molecule has 1 aromatic heterocycles. The molecular weight excluding hydrogens is 262 g/mol. The molecule has 0 radical (unpaired) electrons. The van der Waals surface area contributed by atoms with Gasteiger partial charge in [0.2, 0.25) is 0 Å². The summed E-state index contributed by atoms with van der Waals surface area (Å²) in [4.78, 5) is 4.02. The first-order valence-electron chi connectivity index (χ1n) is 4.60. The second-order valence-electron chi connectivity index (χ2n) is 3.11. The van der Waals surface area contributed by atoms with E-state index in [1.165, 1.54) is 0 Å². The van der Waals surface area contributed by atoms with Crippen LogP contribution in [0.1, 0.15) is 13.3 Å². The van der Waals surface area contributed by atoms with E-state index in [4.69, 9.17) is 4.74 Å². The van der Waals surface area contributed by atoms with E-state index in [0.717, 1.165) is 22.4 Å². The van der Waals surface area contributed by atoms with Crippen molar-refractivity contribution in [3.05, 3.63) is 22.9 Å². The van der Waals surface area contributed by atoms with Crippen LogP contribution in [0.5, 0.6) is 5.75 Å². The number of nitrogens with zero attached hydrogens (tertiary/aromatic N) is 1. The minimum Gasteiger partial charge on any atom is -0.492 e. The van der Waals surface area contributed by atoms with Crippen LogP contribution >= 0.6 is 28.6 Å². The zero-order valence-corrected chi connectivity index (χ0v) is 10.6. The number of thiol groups is 1. The number of rotatable bonds is 5. The third-order valence-corrected chi connectivity index (χ3v) is 2.95. The van der Waals surface area contributed by atoms with E-state index in [1.54, 1.807) is 12.4 Å². The smallest absolute Gasteiger partial charge is 0.138 e. The van der Waals surface area contributed by atoms with Gasteiger partial charge in [-0.3, -0.25) is 4.98 Å². The maximum Gasteiger partial charge on any atom is 0.138 e. The van der Waals surface area contributed by atoms with Crippen LogP contribution in [-0.4, -0.2) is 17.3 Å². The van der Waals surface area contributed by atoms with Gasteiger partial charge in [-0.25, -0.2) is 0 Å². The van der Waals surface area contributed by atoms with Crippen LogP contribution < -0.4 is 4.74 Å². The lowest BCUT2D eigenvalue weighted by molar-refractivity contribution is 0.258. The highest BCUT2D eigenvalue weighted by molar-refractivity contribution is 9.10. The predicted molar refractivity (Wildman–Crippen MR) is 65.1 cm³/mol. The number of hydrogen-bond acceptors (Lipinski definition) is 3. The van der Waals surface area contributed by atoms with Gasteiger partial charge in [0.1, 0.15) is 5.75 Å². The van der Waals surface area contributed by atoms with Gasteiger partial charge in [0.05, 0.1) is 12.8 Å². The van der Waals surface area contributed by atoms with Gasteiger partial charge in [-0.2, -0.15) is 12.6 Å². The molecule has 1 atom stereocenters. The van der Waals surface area contributed by atoms with Crippen LogP contribution in [0.3, 0.4) is 0 Å². The summed E-state index contributed by atoms with van der Waals surface area (Å²) in [7, 11) is 0. The largest absolute Gasteiger partial charge is 0.492 e. The summed E-state index contributed by atoms with van der Waals surface area (Å²) in [5.74, 6) is 2.18. The Labute approximate surface area is 98.6 Å². The summed E-state index contributed by atoms with van der Waals surface area (Å²) in [5.41, 5.74) is 0. The topological polar surface area (TPSA) is 22.1 Å². The second-order valence-corrected chi connectivity index (χ2v) is 4.39. The Morgan fingerprint density at radius 2 is 2.36 bits per heavy atom. The van der Waals surface area contributed by atoms with Crippen molar-refractivity contribution in [3.8, 4) is 5.75 Å². The third kappa shape index (κ3) is 3.88. The Kier molecular flexibility index (Phi) is 5.33. The van der Waals surface area contributed by atoms with Crippen molar-refractivity contribution in [2.45, 2.75) is 13.3 Å². The zero-order chi connectivity index (χ0) is 10.4. The lowest BCUT2D eigenvalue weighted by Gasteiger charge is -2.12. The average Bonchev–Trinajstić information content (AvgIpc) is 2.19. The summed E-state index contributed by atoms with van der Waals surface area (Å²) in [6, 6.07) is 1.91. The molecule has 78 valence electrons. The van der Waals surface area contributed by atoms with E-state index in [0.29, 0.717) is 12.5 Å². The first-order valence-corrected chi connectivity index (χ1v) is 6.03. The molecule has 0 bridgehead atoms. The summed E-state index contributed by atoms with van der Waals surface area (Å²) in [6.45, 7) is 2.85. The van der Waals surface area contributed by atoms with Crippen LogP contribution in [0.15, 0.2) is 22.9 Å². The van der Waals surface area contributed by atoms with Crippen molar-refractivity contribution >= 4 is 28.6 Å². The number of halogens is 1. The fourth-order valence-corrected chi connectivity index (χ4v) is 1.69. The quantitative estimate of drug-likeness (QED) is 0.834. The van der Waals surface area contributed by atoms with Gasteiger partial charge in [0.15, 0.2) is 0 Å². The highest BCUT2D eigenvalue weighted by atomic mass is 79.9. The van der Waals surface area contributed by atoms with Crippen LogP contribution in [0.2, 0.25) is 0 Å². The van der Waals surface area contributed by atoms with E-state index >= 15 is 0 Å². The SMILES string of the molecule is CCC(CS)COc1cncc(Br)c1. The van der Waals surface area contributed by atoms with E-state index < -0.39 is 0 Å². The standard InChI is InChI=1S/C10H14BrNOS/c1-2-8(7-14)6-13-10-3-9(11)4-12-5-10/h3-5,8,14H,2,6-7H2,1H3. The summed E-state index contributed by atoms with van der Waals surface area (Å²) < 4.78 is 6.53. The summed E-state index contributed by atoms with van der Waals surface area (Å²) >= 11 is 7.60. The Morgan fingerprint density at radius 3 is 2.93 bits per heavy atom. The van der Waals surface area contributed by atoms with Crippen molar-refractivity contribution < 1.29 is 4.74 Å². The molecule has 0 saturated heterocycles. The molecule has 0 aliphatic heterocycles. The van der Waals surface area contributed by atoms with Gasteiger partial charge in [-0.05, 0) is 34.2 Å². The monoisotopic (exact) mass is 275 g/mol. The Morgan fingerprint density at radius 1 is 1.57 bits per heavy atom. The summed E-state index contributed by atoms with van der Waals surface area (Å²) in [5, 5.41) is 0. The molecule has 1 heterocycles. The molecule has 0 amide bonds. The Hall–Kier alpha value is -0.220. The Bertz CT molecular complexity index is 279. The van der Waals surface area contributed by atoms with Crippen molar-refractivity contribution in [1.29, 1.82) is 0 Å². The average molecular weight is 276 g/mol. The molecule has 0 aliphatic rings. The van der Waals surface area contributed by atoms with Gasteiger partial charge < -0.3 is 4.74 Å². The molecule has 4 heteroatoms. The molecule has 0 aromatic carbocycles. The minimum atomic E-state index is 0.511. The number of aromatic nitrogens is 1. The minimum absolute atomic E-state index is 0.511. The van der Waals surface area contributed by atoms with Crippen LogP contribution in [0, 0.1) is 5.92 Å². The maximum atomic E-state index is 5.59. The molecule has 0 fully saturated rings. The van der Waals surface area contributed by atoms with Crippen LogP contribution in [0.4, 0.5) is 0 Å². The molecule has 0 spiro atoms. The predicted octanol–water partition coefficient (Wildman–Crippen LogP) is 3.18. The second kappa shape index (κ2) is 6.30. The highest BCUT2D eigenvalue weighted by Crippen LogP contribution is 2.17. The van der Waals surface area contributed by atoms with Gasteiger partial charge in [-0.1, -0.05) is 6.92 Å². The van der Waals surface area contributed by atoms with Gasteiger partial charge in [0, 0.05) is 16.6 Å². The zero-order valence-electron chi connectivity index (χ0n) is 8.11. The van der Waals surface area contributed by atoms with E-state index in [1.807, 2.05) is 6.07 Å². The number of pyridine rings is 1. The molecule has 0 aliphatic carbocycles. The molecule has 1 aromatic rings.